The highest BCUT2D eigenvalue weighted by Gasteiger charge is 2.09. The summed E-state index contributed by atoms with van der Waals surface area (Å²) in [7, 11) is 0. The van der Waals surface area contributed by atoms with Gasteiger partial charge in [0.05, 0.1) is 12.7 Å². The Kier molecular flexibility index (Phi) is 6.34. The van der Waals surface area contributed by atoms with Crippen LogP contribution in [-0.4, -0.2) is 36.2 Å². The van der Waals surface area contributed by atoms with E-state index in [2.05, 4.69) is 4.90 Å². The first-order chi connectivity index (χ1) is 9.75. The number of aliphatic hydroxyl groups is 1. The molecule has 1 atom stereocenters. The molecule has 1 aliphatic rings. The number of ether oxygens (including phenoxy) is 1. The van der Waals surface area contributed by atoms with Gasteiger partial charge in [0, 0.05) is 0 Å². The lowest BCUT2D eigenvalue weighted by atomic mass is 10.1. The van der Waals surface area contributed by atoms with Gasteiger partial charge >= 0.3 is 0 Å². The number of nitrogens with zero attached hydrogens (tertiary/aromatic N) is 1. The third-order valence-electron chi connectivity index (χ3n) is 3.95. The van der Waals surface area contributed by atoms with E-state index in [4.69, 9.17) is 4.74 Å². The topological polar surface area (TPSA) is 32.7 Å². The number of rotatable bonds is 8. The van der Waals surface area contributed by atoms with Gasteiger partial charge in [-0.15, -0.1) is 0 Å². The fourth-order valence-corrected chi connectivity index (χ4v) is 2.65. The van der Waals surface area contributed by atoms with Crippen LogP contribution >= 0.6 is 0 Å². The second-order valence-corrected chi connectivity index (χ2v) is 5.70. The van der Waals surface area contributed by atoms with E-state index < -0.39 is 6.10 Å². The van der Waals surface area contributed by atoms with Crippen molar-refractivity contribution in [3.8, 4) is 5.75 Å². The van der Waals surface area contributed by atoms with E-state index in [0.717, 1.165) is 24.3 Å². The number of aliphatic hydroxyl groups excluding tert-OH is 1. The van der Waals surface area contributed by atoms with Crippen molar-refractivity contribution >= 4 is 0 Å². The molecule has 1 aliphatic heterocycles. The van der Waals surface area contributed by atoms with Gasteiger partial charge in [-0.3, -0.25) is 0 Å². The molecule has 1 N–H and O–H groups in total. The Morgan fingerprint density at radius 2 is 1.80 bits per heavy atom. The van der Waals surface area contributed by atoms with Crippen molar-refractivity contribution < 1.29 is 9.84 Å². The SMILES string of the molecule is CC(O)c1ccc(OCCCCCN2CCCC2)cc1. The molecule has 2 rings (SSSR count). The molecule has 0 radical (unpaired) electrons. The van der Waals surface area contributed by atoms with E-state index in [1.165, 1.54) is 45.3 Å². The van der Waals surface area contributed by atoms with Crippen molar-refractivity contribution in [1.82, 2.24) is 4.90 Å². The average molecular weight is 277 g/mol. The maximum Gasteiger partial charge on any atom is 0.119 e. The van der Waals surface area contributed by atoms with Crippen LogP contribution in [0, 0.1) is 0 Å². The first-order valence-corrected chi connectivity index (χ1v) is 7.89. The lowest BCUT2D eigenvalue weighted by Crippen LogP contribution is -2.20. The molecule has 1 aromatic carbocycles. The smallest absolute Gasteiger partial charge is 0.119 e. The van der Waals surface area contributed by atoms with Crippen molar-refractivity contribution in [3.63, 3.8) is 0 Å². The quantitative estimate of drug-likeness (QED) is 0.739. The van der Waals surface area contributed by atoms with Gasteiger partial charge in [-0.05, 0) is 76.4 Å². The summed E-state index contributed by atoms with van der Waals surface area (Å²) in [4.78, 5) is 2.57. The predicted octanol–water partition coefficient (Wildman–Crippen LogP) is 3.38. The highest BCUT2D eigenvalue weighted by Crippen LogP contribution is 2.17. The highest BCUT2D eigenvalue weighted by atomic mass is 16.5. The Morgan fingerprint density at radius 3 is 2.45 bits per heavy atom. The summed E-state index contributed by atoms with van der Waals surface area (Å²) in [6.45, 7) is 6.41. The van der Waals surface area contributed by atoms with Gasteiger partial charge in [0.1, 0.15) is 5.75 Å². The van der Waals surface area contributed by atoms with E-state index >= 15 is 0 Å². The molecule has 3 nitrogen and oxygen atoms in total. The number of benzene rings is 1. The highest BCUT2D eigenvalue weighted by molar-refractivity contribution is 5.28. The van der Waals surface area contributed by atoms with Crippen LogP contribution in [0.5, 0.6) is 5.75 Å². The molecule has 3 heteroatoms. The zero-order valence-corrected chi connectivity index (χ0v) is 12.6. The first-order valence-electron chi connectivity index (χ1n) is 7.89. The third-order valence-corrected chi connectivity index (χ3v) is 3.95. The molecule has 20 heavy (non-hydrogen) atoms. The molecule has 0 saturated carbocycles. The largest absolute Gasteiger partial charge is 0.494 e. The molecule has 1 fully saturated rings. The van der Waals surface area contributed by atoms with Crippen molar-refractivity contribution in [1.29, 1.82) is 0 Å². The molecule has 0 amide bonds. The van der Waals surface area contributed by atoms with Gasteiger partial charge in [0.25, 0.3) is 0 Å². The summed E-state index contributed by atoms with van der Waals surface area (Å²) in [6, 6.07) is 7.72. The Labute approximate surface area is 122 Å². The van der Waals surface area contributed by atoms with Gasteiger partial charge < -0.3 is 14.7 Å². The van der Waals surface area contributed by atoms with Crippen LogP contribution in [0.2, 0.25) is 0 Å². The number of hydrogen-bond acceptors (Lipinski definition) is 3. The summed E-state index contributed by atoms with van der Waals surface area (Å²) >= 11 is 0. The van der Waals surface area contributed by atoms with Crippen LogP contribution in [0.1, 0.15) is 50.7 Å². The van der Waals surface area contributed by atoms with Crippen LogP contribution in [0.4, 0.5) is 0 Å². The van der Waals surface area contributed by atoms with Crippen molar-refractivity contribution in [2.75, 3.05) is 26.2 Å². The molecule has 1 unspecified atom stereocenters. The molecule has 1 heterocycles. The van der Waals surface area contributed by atoms with Crippen LogP contribution in [0.25, 0.3) is 0 Å². The van der Waals surface area contributed by atoms with Gasteiger partial charge in [-0.2, -0.15) is 0 Å². The monoisotopic (exact) mass is 277 g/mol. The van der Waals surface area contributed by atoms with Gasteiger partial charge in [-0.1, -0.05) is 12.1 Å². The number of unbranched alkanes of at least 4 members (excludes halogenated alkanes) is 2. The Bertz CT molecular complexity index is 369. The van der Waals surface area contributed by atoms with Crippen molar-refractivity contribution in [2.24, 2.45) is 0 Å². The minimum absolute atomic E-state index is 0.408. The summed E-state index contributed by atoms with van der Waals surface area (Å²) in [5.74, 6) is 0.897. The van der Waals surface area contributed by atoms with E-state index in [9.17, 15) is 5.11 Å². The minimum atomic E-state index is -0.408. The molecular formula is C17H27NO2. The third kappa shape index (κ3) is 5.14. The zero-order valence-electron chi connectivity index (χ0n) is 12.6. The summed E-state index contributed by atoms with van der Waals surface area (Å²) < 4.78 is 5.72. The molecule has 0 aromatic heterocycles. The lowest BCUT2D eigenvalue weighted by Gasteiger charge is -2.14. The van der Waals surface area contributed by atoms with E-state index in [1.54, 1.807) is 6.92 Å². The molecule has 112 valence electrons. The van der Waals surface area contributed by atoms with Crippen molar-refractivity contribution in [3.05, 3.63) is 29.8 Å². The first kappa shape index (κ1) is 15.3. The number of hydrogen-bond donors (Lipinski definition) is 1. The molecule has 1 aromatic rings. The van der Waals surface area contributed by atoms with Crippen molar-refractivity contribution in [2.45, 2.75) is 45.1 Å². The lowest BCUT2D eigenvalue weighted by molar-refractivity contribution is 0.199. The molecule has 0 bridgehead atoms. The second-order valence-electron chi connectivity index (χ2n) is 5.70. The molecule has 1 saturated heterocycles. The minimum Gasteiger partial charge on any atom is -0.494 e. The Hall–Kier alpha value is -1.06. The molecule has 0 spiro atoms. The van der Waals surface area contributed by atoms with Crippen LogP contribution < -0.4 is 4.74 Å². The fourth-order valence-electron chi connectivity index (χ4n) is 2.65. The summed E-state index contributed by atoms with van der Waals surface area (Å²) in [5, 5.41) is 9.43. The molecule has 0 aliphatic carbocycles. The maximum atomic E-state index is 9.43. The summed E-state index contributed by atoms with van der Waals surface area (Å²) in [6.07, 6.45) is 5.99. The fraction of sp³-hybridized carbons (Fsp3) is 0.647. The van der Waals surface area contributed by atoms with E-state index in [1.807, 2.05) is 24.3 Å². The zero-order chi connectivity index (χ0) is 14.2. The predicted molar refractivity (Wildman–Crippen MR) is 82.1 cm³/mol. The Morgan fingerprint density at radius 1 is 1.10 bits per heavy atom. The van der Waals surface area contributed by atoms with E-state index in [-0.39, 0.29) is 0 Å². The average Bonchev–Trinajstić information content (AvgIpc) is 2.96. The number of likely N-dealkylation sites (tertiary alicyclic amines) is 1. The van der Waals surface area contributed by atoms with Crippen LogP contribution in [0.15, 0.2) is 24.3 Å². The van der Waals surface area contributed by atoms with Gasteiger partial charge in [0.15, 0.2) is 0 Å². The van der Waals surface area contributed by atoms with Crippen LogP contribution in [-0.2, 0) is 0 Å². The standard InChI is InChI=1S/C17H27NO2/c1-15(19)16-7-9-17(10-8-16)20-14-6-2-3-11-18-12-4-5-13-18/h7-10,15,19H,2-6,11-14H2,1H3. The van der Waals surface area contributed by atoms with Crippen LogP contribution in [0.3, 0.4) is 0 Å². The van der Waals surface area contributed by atoms with Gasteiger partial charge in [-0.25, -0.2) is 0 Å². The maximum absolute atomic E-state index is 9.43. The summed E-state index contributed by atoms with van der Waals surface area (Å²) in [5.41, 5.74) is 0.933. The normalized spacial score (nSPS) is 17.3. The molecular weight excluding hydrogens is 250 g/mol. The second kappa shape index (κ2) is 8.28. The van der Waals surface area contributed by atoms with Gasteiger partial charge in [0.2, 0.25) is 0 Å². The van der Waals surface area contributed by atoms with E-state index in [0.29, 0.717) is 0 Å². The Balaban J connectivity index is 1.54.